The highest BCUT2D eigenvalue weighted by atomic mass is 14.9. The van der Waals surface area contributed by atoms with Gasteiger partial charge in [-0.2, -0.15) is 0 Å². The standard InChI is InChI=1S/C6H11N.CH3/c1-6-2-4-7-5-3-6;/h7H,1-5H2;1H3/q;-1/p+1. The van der Waals surface area contributed by atoms with E-state index in [9.17, 15) is 0 Å². The van der Waals surface area contributed by atoms with Crippen molar-refractivity contribution >= 4 is 0 Å². The molecule has 0 radical (unpaired) electrons. The molecule has 8 heavy (non-hydrogen) atoms. The summed E-state index contributed by atoms with van der Waals surface area (Å²) in [5, 5.41) is 2.34. The average Bonchev–Trinajstić information content (AvgIpc) is 1.69. The van der Waals surface area contributed by atoms with Crippen LogP contribution in [0.25, 0.3) is 0 Å². The molecule has 0 amide bonds. The fourth-order valence-corrected chi connectivity index (χ4v) is 0.882. The number of nitrogens with two attached hydrogens (primary N) is 1. The van der Waals surface area contributed by atoms with Gasteiger partial charge >= 0.3 is 0 Å². The van der Waals surface area contributed by atoms with Gasteiger partial charge in [0.2, 0.25) is 0 Å². The molecule has 2 N–H and O–H groups in total. The molecule has 1 heterocycles. The van der Waals surface area contributed by atoms with Crippen molar-refractivity contribution in [3.63, 3.8) is 0 Å². The molecular weight excluding hydrogens is 98.1 g/mol. The van der Waals surface area contributed by atoms with E-state index in [0.717, 1.165) is 0 Å². The highest BCUT2D eigenvalue weighted by Crippen LogP contribution is 2.00. The number of hydrogen-bond acceptors (Lipinski definition) is 0. The Morgan fingerprint density at radius 1 is 1.25 bits per heavy atom. The van der Waals surface area contributed by atoms with Gasteiger partial charge in [0.15, 0.2) is 0 Å². The maximum Gasteiger partial charge on any atom is 0.0793 e. The molecule has 1 saturated heterocycles. The second-order valence-corrected chi connectivity index (χ2v) is 2.12. The summed E-state index contributed by atoms with van der Waals surface area (Å²) in [6.45, 7) is 6.42. The van der Waals surface area contributed by atoms with Crippen LogP contribution in [-0.2, 0) is 0 Å². The van der Waals surface area contributed by atoms with E-state index < -0.39 is 0 Å². The first kappa shape index (κ1) is 7.70. The van der Waals surface area contributed by atoms with Crippen LogP contribution >= 0.6 is 0 Å². The van der Waals surface area contributed by atoms with Gasteiger partial charge in [-0.3, -0.25) is 0 Å². The molecule has 1 aliphatic heterocycles. The van der Waals surface area contributed by atoms with E-state index in [-0.39, 0.29) is 7.43 Å². The molecule has 0 saturated carbocycles. The van der Waals surface area contributed by atoms with Gasteiger partial charge in [-0.15, -0.1) is 0 Å². The Hall–Kier alpha value is -0.300. The largest absolute Gasteiger partial charge is 0.358 e. The zero-order chi connectivity index (χ0) is 5.11. The first-order chi connectivity index (χ1) is 3.39. The molecule has 0 unspecified atom stereocenters. The van der Waals surface area contributed by atoms with Crippen LogP contribution in [0.3, 0.4) is 0 Å². The van der Waals surface area contributed by atoms with Crippen molar-refractivity contribution in [2.24, 2.45) is 0 Å². The van der Waals surface area contributed by atoms with Gasteiger partial charge in [-0.05, 0) is 0 Å². The van der Waals surface area contributed by atoms with Gasteiger partial charge in [-0.1, -0.05) is 12.2 Å². The zero-order valence-corrected chi connectivity index (χ0v) is 5.61. The summed E-state index contributed by atoms with van der Waals surface area (Å²) in [4.78, 5) is 0. The second kappa shape index (κ2) is 3.67. The zero-order valence-electron chi connectivity index (χ0n) is 5.61. The van der Waals surface area contributed by atoms with Crippen molar-refractivity contribution in [1.82, 2.24) is 0 Å². The smallest absolute Gasteiger partial charge is 0.0793 e. The first-order valence-corrected chi connectivity index (χ1v) is 2.88. The van der Waals surface area contributed by atoms with Gasteiger partial charge in [0, 0.05) is 12.8 Å². The SMILES string of the molecule is C=C1CC[NH2+]CC1.[CH3-]. The maximum absolute atomic E-state index is 3.89. The van der Waals surface area contributed by atoms with Crippen LogP contribution in [0, 0.1) is 7.43 Å². The van der Waals surface area contributed by atoms with Gasteiger partial charge < -0.3 is 12.7 Å². The minimum atomic E-state index is 0. The number of quaternary nitrogens is 1. The van der Waals surface area contributed by atoms with Crippen molar-refractivity contribution in [2.45, 2.75) is 12.8 Å². The van der Waals surface area contributed by atoms with E-state index in [1.165, 1.54) is 31.5 Å². The Balaban J connectivity index is 0.000000490. The lowest BCUT2D eigenvalue weighted by Gasteiger charge is -2.09. The van der Waals surface area contributed by atoms with Crippen molar-refractivity contribution < 1.29 is 5.32 Å². The quantitative estimate of drug-likeness (QED) is 0.345. The lowest BCUT2D eigenvalue weighted by molar-refractivity contribution is -0.658. The van der Waals surface area contributed by atoms with Crippen molar-refractivity contribution in [1.29, 1.82) is 0 Å². The molecule has 0 aromatic carbocycles. The molecule has 1 nitrogen and oxygen atoms in total. The third kappa shape index (κ3) is 2.12. The van der Waals surface area contributed by atoms with E-state index in [2.05, 4.69) is 11.9 Å². The summed E-state index contributed by atoms with van der Waals surface area (Å²) >= 11 is 0. The molecule has 0 atom stereocenters. The lowest BCUT2D eigenvalue weighted by atomic mass is 10.1. The molecule has 0 aromatic heterocycles. The second-order valence-electron chi connectivity index (χ2n) is 2.12. The van der Waals surface area contributed by atoms with Gasteiger partial charge in [0.1, 0.15) is 0 Å². The highest BCUT2D eigenvalue weighted by Gasteiger charge is 2.02. The number of piperidine rings is 1. The fourth-order valence-electron chi connectivity index (χ4n) is 0.882. The Kier molecular flexibility index (Phi) is 3.53. The summed E-state index contributed by atoms with van der Waals surface area (Å²) in [5.41, 5.74) is 1.43. The minimum absolute atomic E-state index is 0. The maximum atomic E-state index is 3.89. The summed E-state index contributed by atoms with van der Waals surface area (Å²) in [5.74, 6) is 0. The molecule has 1 heteroatoms. The van der Waals surface area contributed by atoms with Crippen LogP contribution in [-0.4, -0.2) is 13.1 Å². The molecule has 48 valence electrons. The van der Waals surface area contributed by atoms with Crippen LogP contribution in [0.15, 0.2) is 12.2 Å². The Morgan fingerprint density at radius 2 is 1.75 bits per heavy atom. The minimum Gasteiger partial charge on any atom is -0.358 e. The normalized spacial score (nSPS) is 19.8. The Labute approximate surface area is 51.8 Å². The van der Waals surface area contributed by atoms with Crippen LogP contribution < -0.4 is 5.32 Å². The number of rotatable bonds is 0. The Morgan fingerprint density at radius 3 is 2.00 bits per heavy atom. The van der Waals surface area contributed by atoms with Crippen molar-refractivity contribution in [2.75, 3.05) is 13.1 Å². The fraction of sp³-hybridized carbons (Fsp3) is 0.571. The molecule has 1 rings (SSSR count). The van der Waals surface area contributed by atoms with Crippen LogP contribution in [0.5, 0.6) is 0 Å². The molecule has 1 fully saturated rings. The van der Waals surface area contributed by atoms with E-state index in [1.807, 2.05) is 0 Å². The van der Waals surface area contributed by atoms with E-state index in [4.69, 9.17) is 0 Å². The molecule has 0 aliphatic carbocycles. The first-order valence-electron chi connectivity index (χ1n) is 2.88. The molecule has 0 spiro atoms. The van der Waals surface area contributed by atoms with E-state index in [0.29, 0.717) is 0 Å². The number of hydrogen-bond donors (Lipinski definition) is 1. The average molecular weight is 113 g/mol. The molecular formula is C7H15N. The summed E-state index contributed by atoms with van der Waals surface area (Å²) in [7, 11) is 0. The van der Waals surface area contributed by atoms with E-state index >= 15 is 0 Å². The monoisotopic (exact) mass is 113 g/mol. The summed E-state index contributed by atoms with van der Waals surface area (Å²) in [6.07, 6.45) is 2.47. The summed E-state index contributed by atoms with van der Waals surface area (Å²) < 4.78 is 0. The molecule has 1 aliphatic rings. The molecule has 0 bridgehead atoms. The topological polar surface area (TPSA) is 16.6 Å². The third-order valence-electron chi connectivity index (χ3n) is 1.40. The van der Waals surface area contributed by atoms with Crippen molar-refractivity contribution in [3.8, 4) is 0 Å². The predicted molar refractivity (Wildman–Crippen MR) is 36.4 cm³/mol. The van der Waals surface area contributed by atoms with Crippen molar-refractivity contribution in [3.05, 3.63) is 19.6 Å². The van der Waals surface area contributed by atoms with E-state index in [1.54, 1.807) is 0 Å². The van der Waals surface area contributed by atoms with Crippen LogP contribution in [0.4, 0.5) is 0 Å². The summed E-state index contributed by atoms with van der Waals surface area (Å²) in [6, 6.07) is 0. The van der Waals surface area contributed by atoms with Gasteiger partial charge in [-0.25, -0.2) is 0 Å². The Bertz CT molecular complexity index is 68.5. The molecule has 0 aromatic rings. The van der Waals surface area contributed by atoms with Crippen LogP contribution in [0.1, 0.15) is 12.8 Å². The highest BCUT2D eigenvalue weighted by molar-refractivity contribution is 4.94. The lowest BCUT2D eigenvalue weighted by Crippen LogP contribution is -2.85. The van der Waals surface area contributed by atoms with Gasteiger partial charge in [0.25, 0.3) is 0 Å². The third-order valence-corrected chi connectivity index (χ3v) is 1.40. The van der Waals surface area contributed by atoms with Gasteiger partial charge in [0.05, 0.1) is 13.1 Å². The predicted octanol–water partition coefficient (Wildman–Crippen LogP) is 0.350. The van der Waals surface area contributed by atoms with Crippen LogP contribution in [0.2, 0.25) is 0 Å².